The van der Waals surface area contributed by atoms with E-state index >= 15 is 0 Å². The summed E-state index contributed by atoms with van der Waals surface area (Å²) in [6, 6.07) is 10.3. The monoisotopic (exact) mass is 448 g/mol. The fraction of sp³-hybridized carbons (Fsp3) is 0.704. The highest BCUT2D eigenvalue weighted by molar-refractivity contribution is 5.66. The highest BCUT2D eigenvalue weighted by Gasteiger charge is 2.15. The Morgan fingerprint density at radius 1 is 0.812 bits per heavy atom. The molecule has 182 valence electrons. The van der Waals surface area contributed by atoms with E-state index in [2.05, 4.69) is 19.1 Å². The quantitative estimate of drug-likeness (QED) is 0.171. The van der Waals surface area contributed by atoms with Crippen molar-refractivity contribution in [2.45, 2.75) is 123 Å². The largest absolute Gasteiger partial charge is 0.481 e. The molecule has 1 aromatic carbocycles. The number of rotatable bonds is 20. The third-order valence-corrected chi connectivity index (χ3v) is 5.76. The predicted molar refractivity (Wildman–Crippen MR) is 129 cm³/mol. The second kappa shape index (κ2) is 18.7. The number of benzene rings is 1. The zero-order valence-electron chi connectivity index (χ0n) is 20.2. The highest BCUT2D eigenvalue weighted by Crippen LogP contribution is 2.20. The molecule has 0 amide bonds. The van der Waals surface area contributed by atoms with Gasteiger partial charge in [0, 0.05) is 13.3 Å². The number of carbonyl (C=O) groups is 2. The first-order valence-corrected chi connectivity index (χ1v) is 12.6. The molecule has 5 heteroatoms. The molecule has 0 fully saturated rings. The van der Waals surface area contributed by atoms with Crippen LogP contribution in [0.1, 0.15) is 109 Å². The topological polar surface area (TPSA) is 72.8 Å². The minimum absolute atomic E-state index is 0.0864. The summed E-state index contributed by atoms with van der Waals surface area (Å²) in [6.07, 6.45) is 13.7. The number of hydrogen-bond donors (Lipinski definition) is 1. The zero-order valence-corrected chi connectivity index (χ0v) is 20.2. The minimum atomic E-state index is -0.752. The van der Waals surface area contributed by atoms with Gasteiger partial charge in [-0.05, 0) is 50.5 Å². The van der Waals surface area contributed by atoms with Crippen molar-refractivity contribution in [1.82, 2.24) is 0 Å². The van der Waals surface area contributed by atoms with Gasteiger partial charge in [-0.25, -0.2) is 0 Å². The number of ether oxygens (including phenoxy) is 2. The van der Waals surface area contributed by atoms with Gasteiger partial charge in [-0.1, -0.05) is 75.8 Å². The van der Waals surface area contributed by atoms with Crippen LogP contribution < -0.4 is 0 Å². The molecule has 2 unspecified atom stereocenters. The van der Waals surface area contributed by atoms with E-state index in [1.165, 1.54) is 44.6 Å². The molecule has 1 rings (SSSR count). The maximum Gasteiger partial charge on any atom is 0.303 e. The summed E-state index contributed by atoms with van der Waals surface area (Å²) in [6.45, 7) is 4.33. The van der Waals surface area contributed by atoms with Crippen molar-refractivity contribution in [3.63, 3.8) is 0 Å². The van der Waals surface area contributed by atoms with Crippen LogP contribution >= 0.6 is 0 Å². The molecule has 1 aromatic rings. The van der Waals surface area contributed by atoms with E-state index in [9.17, 15) is 9.59 Å². The fourth-order valence-corrected chi connectivity index (χ4v) is 3.97. The fourth-order valence-electron chi connectivity index (χ4n) is 3.97. The van der Waals surface area contributed by atoms with Gasteiger partial charge >= 0.3 is 11.9 Å². The smallest absolute Gasteiger partial charge is 0.303 e. The summed E-state index contributed by atoms with van der Waals surface area (Å²) in [5.41, 5.74) is 1.20. The van der Waals surface area contributed by atoms with Crippen molar-refractivity contribution in [2.75, 3.05) is 0 Å². The Hall–Kier alpha value is -1.88. The number of carbonyl (C=O) groups excluding carboxylic acids is 1. The Labute approximate surface area is 194 Å². The molecule has 0 aliphatic heterocycles. The average molecular weight is 449 g/mol. The lowest BCUT2D eigenvalue weighted by atomic mass is 10.00. The average Bonchev–Trinajstić information content (AvgIpc) is 2.76. The molecule has 0 saturated carbocycles. The van der Waals surface area contributed by atoms with Gasteiger partial charge in [0.25, 0.3) is 0 Å². The Kier molecular flexibility index (Phi) is 16.4. The Morgan fingerprint density at radius 3 is 2.06 bits per heavy atom. The number of carboxylic acids is 1. The van der Waals surface area contributed by atoms with Gasteiger partial charge in [0.05, 0.1) is 12.7 Å². The zero-order chi connectivity index (χ0) is 23.4. The van der Waals surface area contributed by atoms with Gasteiger partial charge in [-0.3, -0.25) is 9.59 Å². The van der Waals surface area contributed by atoms with Crippen molar-refractivity contribution in [3.8, 4) is 0 Å². The summed E-state index contributed by atoms with van der Waals surface area (Å²) in [5, 5.41) is 8.75. The first kappa shape index (κ1) is 28.2. The van der Waals surface area contributed by atoms with Gasteiger partial charge in [0.1, 0.15) is 6.10 Å². The van der Waals surface area contributed by atoms with Crippen molar-refractivity contribution < 1.29 is 24.2 Å². The van der Waals surface area contributed by atoms with E-state index in [0.717, 1.165) is 44.9 Å². The summed E-state index contributed by atoms with van der Waals surface area (Å²) >= 11 is 0. The molecule has 32 heavy (non-hydrogen) atoms. The normalized spacial score (nSPS) is 12.9. The molecule has 5 nitrogen and oxygen atoms in total. The predicted octanol–water partition coefficient (Wildman–Crippen LogP) is 7.07. The summed E-state index contributed by atoms with van der Waals surface area (Å²) < 4.78 is 11.8. The molecule has 0 aliphatic carbocycles. The van der Waals surface area contributed by atoms with Crippen molar-refractivity contribution in [3.05, 3.63) is 35.9 Å². The van der Waals surface area contributed by atoms with Crippen LogP contribution in [-0.4, -0.2) is 29.3 Å². The number of carboxylic acid groups (broad SMARTS) is 1. The van der Waals surface area contributed by atoms with Gasteiger partial charge < -0.3 is 14.6 Å². The number of esters is 1. The lowest BCUT2D eigenvalue weighted by Gasteiger charge is -2.21. The molecule has 0 bridgehead atoms. The summed E-state index contributed by atoms with van der Waals surface area (Å²) in [4.78, 5) is 22.1. The summed E-state index contributed by atoms with van der Waals surface area (Å²) in [7, 11) is 0. The lowest BCUT2D eigenvalue weighted by molar-refractivity contribution is -0.147. The van der Waals surface area contributed by atoms with E-state index in [-0.39, 0.29) is 24.6 Å². The second-order valence-corrected chi connectivity index (χ2v) is 8.78. The van der Waals surface area contributed by atoms with Crippen LogP contribution in [0.3, 0.4) is 0 Å². The van der Waals surface area contributed by atoms with Crippen LogP contribution in [0.15, 0.2) is 30.3 Å². The van der Waals surface area contributed by atoms with Crippen molar-refractivity contribution in [1.29, 1.82) is 0 Å². The number of aliphatic carboxylic acids is 1. The first-order valence-electron chi connectivity index (χ1n) is 12.6. The van der Waals surface area contributed by atoms with E-state index in [0.29, 0.717) is 13.0 Å². The molecule has 0 aromatic heterocycles. The maximum absolute atomic E-state index is 11.5. The Bertz CT molecular complexity index is 601. The van der Waals surface area contributed by atoms with Gasteiger partial charge in [0.2, 0.25) is 0 Å². The highest BCUT2D eigenvalue weighted by atomic mass is 16.5. The molecule has 0 aliphatic rings. The second-order valence-electron chi connectivity index (χ2n) is 8.78. The Balaban J connectivity index is 2.43. The summed E-state index contributed by atoms with van der Waals surface area (Å²) in [5.74, 6) is -0.994. The molecule has 0 heterocycles. The van der Waals surface area contributed by atoms with Crippen LogP contribution in [0.25, 0.3) is 0 Å². The van der Waals surface area contributed by atoms with Crippen molar-refractivity contribution >= 4 is 11.9 Å². The molecule has 2 atom stereocenters. The molecule has 0 radical (unpaired) electrons. The van der Waals surface area contributed by atoms with E-state index in [1.54, 1.807) is 0 Å². The van der Waals surface area contributed by atoms with Crippen molar-refractivity contribution in [2.24, 2.45) is 0 Å². The molecular weight excluding hydrogens is 404 g/mol. The first-order chi connectivity index (χ1) is 15.5. The molecule has 1 N–H and O–H groups in total. The Morgan fingerprint density at radius 2 is 1.41 bits per heavy atom. The van der Waals surface area contributed by atoms with E-state index < -0.39 is 5.97 Å². The maximum atomic E-state index is 11.5. The van der Waals surface area contributed by atoms with Crippen LogP contribution in [0.4, 0.5) is 0 Å². The van der Waals surface area contributed by atoms with E-state index in [4.69, 9.17) is 14.6 Å². The van der Waals surface area contributed by atoms with Gasteiger partial charge in [0.15, 0.2) is 0 Å². The van der Waals surface area contributed by atoms with E-state index in [1.807, 2.05) is 18.2 Å². The standard InChI is InChI=1S/C27H44O5/c1-3-4-5-6-11-17-25(31-22-24-15-9-7-10-16-24)19-14-20-26(32-23(2)28)18-12-8-13-21-27(29)30/h7,9-10,15-16,25-26H,3-6,8,11-14,17-22H2,1-2H3,(H,29,30). The molecule has 0 spiro atoms. The number of hydrogen-bond acceptors (Lipinski definition) is 4. The third-order valence-electron chi connectivity index (χ3n) is 5.76. The van der Waals surface area contributed by atoms with Gasteiger partial charge in [-0.2, -0.15) is 0 Å². The van der Waals surface area contributed by atoms with Crippen LogP contribution in [0.5, 0.6) is 0 Å². The van der Waals surface area contributed by atoms with Crippen LogP contribution in [0.2, 0.25) is 0 Å². The SMILES string of the molecule is CCCCCCCC(CCCC(CCCCCC(=O)O)OC(C)=O)OCc1ccccc1. The third kappa shape index (κ3) is 15.9. The van der Waals surface area contributed by atoms with Crippen LogP contribution in [-0.2, 0) is 25.7 Å². The number of unbranched alkanes of at least 4 members (excludes halogenated alkanes) is 6. The van der Waals surface area contributed by atoms with Crippen LogP contribution in [0, 0.1) is 0 Å². The molecule has 0 saturated heterocycles. The minimum Gasteiger partial charge on any atom is -0.481 e. The molecular formula is C27H44O5. The lowest BCUT2D eigenvalue weighted by Crippen LogP contribution is -2.18. The van der Waals surface area contributed by atoms with Gasteiger partial charge in [-0.15, -0.1) is 0 Å².